The van der Waals surface area contributed by atoms with Gasteiger partial charge in [0.05, 0.1) is 6.10 Å². The van der Waals surface area contributed by atoms with E-state index in [0.717, 1.165) is 45.3 Å². The molecule has 0 aliphatic carbocycles. The summed E-state index contributed by atoms with van der Waals surface area (Å²) in [5.74, 6) is 0. The van der Waals surface area contributed by atoms with Crippen LogP contribution in [-0.4, -0.2) is 29.2 Å². The molecule has 0 aromatic heterocycles. The lowest BCUT2D eigenvalue weighted by molar-refractivity contribution is 0.153. The summed E-state index contributed by atoms with van der Waals surface area (Å²) in [7, 11) is 0. The summed E-state index contributed by atoms with van der Waals surface area (Å²) in [6.07, 6.45) is 4.75. The van der Waals surface area contributed by atoms with E-state index in [-0.39, 0.29) is 6.10 Å². The predicted molar refractivity (Wildman–Crippen MR) is 113 cm³/mol. The first-order valence-corrected chi connectivity index (χ1v) is 10.2. The van der Waals surface area contributed by atoms with Gasteiger partial charge in [0.25, 0.3) is 0 Å². The Balaban J connectivity index is 1.47. The summed E-state index contributed by atoms with van der Waals surface area (Å²) < 4.78 is 0. The van der Waals surface area contributed by atoms with Gasteiger partial charge < -0.3 is 5.11 Å². The maximum atomic E-state index is 10.4. The average Bonchev–Trinajstić information content (AvgIpc) is 2.72. The summed E-state index contributed by atoms with van der Waals surface area (Å²) in [6, 6.07) is 24.0. The fraction of sp³-hybridized carbons (Fsp3) is 0.360. The molecule has 3 aromatic carbocycles. The van der Waals surface area contributed by atoms with Crippen LogP contribution in [0.1, 0.15) is 36.0 Å². The molecule has 0 saturated heterocycles. The van der Waals surface area contributed by atoms with Crippen LogP contribution in [0.5, 0.6) is 0 Å². The van der Waals surface area contributed by atoms with E-state index in [1.807, 2.05) is 0 Å². The second kappa shape index (κ2) is 8.69. The smallest absolute Gasteiger partial charge is 0.0581 e. The van der Waals surface area contributed by atoms with Crippen molar-refractivity contribution in [3.05, 3.63) is 83.4 Å². The first kappa shape index (κ1) is 18.2. The van der Waals surface area contributed by atoms with Crippen molar-refractivity contribution in [2.75, 3.05) is 13.1 Å². The van der Waals surface area contributed by atoms with Crippen LogP contribution < -0.4 is 0 Å². The molecule has 3 aromatic rings. The molecule has 0 amide bonds. The number of aliphatic hydroxyl groups excluding tert-OH is 1. The van der Waals surface area contributed by atoms with Crippen LogP contribution in [0.3, 0.4) is 0 Å². The van der Waals surface area contributed by atoms with Gasteiger partial charge in [-0.2, -0.15) is 0 Å². The normalized spacial score (nSPS) is 19.4. The van der Waals surface area contributed by atoms with Crippen molar-refractivity contribution in [1.29, 1.82) is 0 Å². The Morgan fingerprint density at radius 2 is 1.56 bits per heavy atom. The van der Waals surface area contributed by atoms with Gasteiger partial charge in [-0.3, -0.25) is 4.90 Å². The fourth-order valence-corrected chi connectivity index (χ4v) is 4.27. The zero-order chi connectivity index (χ0) is 18.5. The molecular weight excluding hydrogens is 330 g/mol. The monoisotopic (exact) mass is 359 g/mol. The lowest BCUT2D eigenvalue weighted by Gasteiger charge is -2.23. The molecule has 0 saturated carbocycles. The van der Waals surface area contributed by atoms with Gasteiger partial charge in [-0.15, -0.1) is 0 Å². The van der Waals surface area contributed by atoms with Gasteiger partial charge >= 0.3 is 0 Å². The van der Waals surface area contributed by atoms with E-state index in [9.17, 15) is 5.11 Å². The largest absolute Gasteiger partial charge is 0.393 e. The van der Waals surface area contributed by atoms with Crippen molar-refractivity contribution in [1.82, 2.24) is 4.90 Å². The lowest BCUT2D eigenvalue weighted by atomic mass is 9.97. The maximum Gasteiger partial charge on any atom is 0.0581 e. The predicted octanol–water partition coefficient (Wildman–Crippen LogP) is 4.97. The van der Waals surface area contributed by atoms with Gasteiger partial charge in [0, 0.05) is 6.54 Å². The zero-order valence-corrected chi connectivity index (χ0v) is 16.0. The molecule has 1 aliphatic heterocycles. The van der Waals surface area contributed by atoms with Crippen LogP contribution in [0, 0.1) is 0 Å². The van der Waals surface area contributed by atoms with Gasteiger partial charge in [-0.25, -0.2) is 0 Å². The molecule has 27 heavy (non-hydrogen) atoms. The van der Waals surface area contributed by atoms with E-state index in [0.29, 0.717) is 0 Å². The SMILES string of the molecule is OC1CCCN(Cc2ccc3ccccc3c2)CCCc2ccccc2C1. The number of fused-ring (bicyclic) bond motifs is 2. The second-order valence-corrected chi connectivity index (χ2v) is 7.83. The number of hydrogen-bond donors (Lipinski definition) is 1. The van der Waals surface area contributed by atoms with Gasteiger partial charge in [0.15, 0.2) is 0 Å². The molecule has 0 spiro atoms. The van der Waals surface area contributed by atoms with Gasteiger partial charge in [0.1, 0.15) is 0 Å². The number of hydrogen-bond acceptors (Lipinski definition) is 2. The van der Waals surface area contributed by atoms with E-state index in [1.165, 1.54) is 33.9 Å². The van der Waals surface area contributed by atoms with Crippen molar-refractivity contribution in [3.63, 3.8) is 0 Å². The molecular formula is C25H29NO. The van der Waals surface area contributed by atoms with Crippen molar-refractivity contribution in [2.24, 2.45) is 0 Å². The molecule has 0 radical (unpaired) electrons. The minimum Gasteiger partial charge on any atom is -0.393 e. The minimum atomic E-state index is -0.230. The maximum absolute atomic E-state index is 10.4. The Labute approximate surface area is 162 Å². The van der Waals surface area contributed by atoms with Crippen LogP contribution >= 0.6 is 0 Å². The van der Waals surface area contributed by atoms with Crippen molar-refractivity contribution < 1.29 is 5.11 Å². The van der Waals surface area contributed by atoms with E-state index < -0.39 is 0 Å². The molecule has 2 heteroatoms. The highest BCUT2D eigenvalue weighted by molar-refractivity contribution is 5.82. The van der Waals surface area contributed by atoms with Crippen LogP contribution in [0.2, 0.25) is 0 Å². The van der Waals surface area contributed by atoms with Gasteiger partial charge in [0.2, 0.25) is 0 Å². The standard InChI is InChI=1S/C25H29NO/c27-25-12-6-16-26(15-5-11-21-7-1-4-10-24(21)18-25)19-20-13-14-22-8-2-3-9-23(22)17-20/h1-4,7-10,13-14,17,25,27H,5-6,11-12,15-16,18-19H2. The van der Waals surface area contributed by atoms with E-state index >= 15 is 0 Å². The zero-order valence-electron chi connectivity index (χ0n) is 16.0. The molecule has 1 atom stereocenters. The Kier molecular flexibility index (Phi) is 5.86. The third kappa shape index (κ3) is 4.77. The summed E-state index contributed by atoms with van der Waals surface area (Å²) in [4.78, 5) is 2.56. The molecule has 1 N–H and O–H groups in total. The highest BCUT2D eigenvalue weighted by Gasteiger charge is 2.14. The summed E-state index contributed by atoms with van der Waals surface area (Å²) in [5.41, 5.74) is 4.11. The molecule has 1 unspecified atom stereocenters. The Morgan fingerprint density at radius 1 is 0.815 bits per heavy atom. The van der Waals surface area contributed by atoms with Crippen LogP contribution in [-0.2, 0) is 19.4 Å². The highest BCUT2D eigenvalue weighted by Crippen LogP contribution is 2.20. The topological polar surface area (TPSA) is 23.5 Å². The Hall–Kier alpha value is -2.16. The summed E-state index contributed by atoms with van der Waals surface area (Å²) >= 11 is 0. The molecule has 1 heterocycles. The lowest BCUT2D eigenvalue weighted by Crippen LogP contribution is -2.26. The van der Waals surface area contributed by atoms with Gasteiger partial charge in [-0.05, 0) is 78.7 Å². The summed E-state index contributed by atoms with van der Waals surface area (Å²) in [6.45, 7) is 3.15. The second-order valence-electron chi connectivity index (χ2n) is 7.83. The van der Waals surface area contributed by atoms with Gasteiger partial charge in [-0.1, -0.05) is 60.7 Å². The van der Waals surface area contributed by atoms with Crippen LogP contribution in [0.25, 0.3) is 10.8 Å². The van der Waals surface area contributed by atoms with Crippen LogP contribution in [0.15, 0.2) is 66.7 Å². The quantitative estimate of drug-likeness (QED) is 0.698. The third-order valence-electron chi connectivity index (χ3n) is 5.73. The molecule has 2 nitrogen and oxygen atoms in total. The highest BCUT2D eigenvalue weighted by atomic mass is 16.3. The third-order valence-corrected chi connectivity index (χ3v) is 5.73. The van der Waals surface area contributed by atoms with Crippen molar-refractivity contribution in [3.8, 4) is 0 Å². The number of benzene rings is 3. The van der Waals surface area contributed by atoms with Crippen molar-refractivity contribution >= 4 is 10.8 Å². The first-order chi connectivity index (χ1) is 13.3. The van der Waals surface area contributed by atoms with E-state index in [2.05, 4.69) is 71.6 Å². The Morgan fingerprint density at radius 3 is 2.44 bits per heavy atom. The number of nitrogens with zero attached hydrogens (tertiary/aromatic N) is 1. The minimum absolute atomic E-state index is 0.230. The van der Waals surface area contributed by atoms with E-state index in [1.54, 1.807) is 0 Å². The van der Waals surface area contributed by atoms with E-state index in [4.69, 9.17) is 0 Å². The average molecular weight is 360 g/mol. The molecule has 4 rings (SSSR count). The number of aryl methyl sites for hydroxylation is 1. The number of rotatable bonds is 2. The number of aliphatic hydroxyl groups is 1. The molecule has 0 fully saturated rings. The Bertz CT molecular complexity index is 888. The molecule has 1 aliphatic rings. The first-order valence-electron chi connectivity index (χ1n) is 10.2. The summed E-state index contributed by atoms with van der Waals surface area (Å²) in [5, 5.41) is 13.1. The molecule has 140 valence electrons. The fourth-order valence-electron chi connectivity index (χ4n) is 4.27. The molecule has 0 bridgehead atoms. The van der Waals surface area contributed by atoms with Crippen molar-refractivity contribution in [2.45, 2.75) is 44.8 Å². The van der Waals surface area contributed by atoms with Crippen LogP contribution in [0.4, 0.5) is 0 Å².